The summed E-state index contributed by atoms with van der Waals surface area (Å²) in [5, 5.41) is 0. The molecule has 0 nitrogen and oxygen atoms in total. The van der Waals surface area contributed by atoms with Gasteiger partial charge in [-0.05, 0) is 166 Å². The highest BCUT2D eigenvalue weighted by Crippen LogP contribution is 2.58. The Morgan fingerprint density at radius 2 is 0.494 bits per heavy atom. The summed E-state index contributed by atoms with van der Waals surface area (Å²) in [6.45, 7) is 14.0. The molecule has 0 bridgehead atoms. The van der Waals surface area contributed by atoms with E-state index in [0.29, 0.717) is 0 Å². The summed E-state index contributed by atoms with van der Waals surface area (Å²) in [6, 6.07) is 45.1. The maximum absolute atomic E-state index is 6.11. The molecule has 0 fully saturated rings. The van der Waals surface area contributed by atoms with E-state index in [1.165, 1.54) is 228 Å². The van der Waals surface area contributed by atoms with E-state index in [9.17, 15) is 0 Å². The van der Waals surface area contributed by atoms with Gasteiger partial charge in [-0.3, -0.25) is 0 Å². The highest BCUT2D eigenvalue weighted by molar-refractivity contribution is 5.85. The summed E-state index contributed by atoms with van der Waals surface area (Å²) >= 11 is 0. The van der Waals surface area contributed by atoms with Gasteiger partial charge in [-0.25, -0.2) is 0 Å². The quantitative estimate of drug-likeness (QED) is 0.0311. The zero-order valence-corrected chi connectivity index (χ0v) is 51.3. The predicted octanol–water partition coefficient (Wildman–Crippen LogP) is 23.1. The first-order chi connectivity index (χ1) is 39.8. The molecule has 422 valence electrons. The number of benzene rings is 6. The minimum absolute atomic E-state index is 0.0465. The molecule has 0 spiro atoms. The smallest absolute Gasteiger partial charge is 0.0252 e. The first-order valence-corrected chi connectivity index (χ1v) is 33.2. The van der Waals surface area contributed by atoms with Gasteiger partial charge in [0.15, 0.2) is 0 Å². The van der Waals surface area contributed by atoms with E-state index in [4.69, 9.17) is 6.42 Å². The van der Waals surface area contributed by atoms with Crippen molar-refractivity contribution in [1.82, 2.24) is 0 Å². The minimum Gasteiger partial charge on any atom is -0.115 e. The van der Waals surface area contributed by atoms with E-state index in [2.05, 4.69) is 186 Å². The predicted molar refractivity (Wildman–Crippen MR) is 350 cm³/mol. The van der Waals surface area contributed by atoms with Gasteiger partial charge in [0.2, 0.25) is 0 Å². The van der Waals surface area contributed by atoms with Crippen LogP contribution in [0.25, 0.3) is 33.4 Å². The van der Waals surface area contributed by atoms with Crippen LogP contribution in [-0.4, -0.2) is 0 Å². The zero-order chi connectivity index (χ0) is 56.5. The zero-order valence-electron chi connectivity index (χ0n) is 51.3. The number of rotatable bonds is 30. The molecule has 0 atom stereocenters. The molecule has 3 aliphatic rings. The number of hydrogen-bond donors (Lipinski definition) is 0. The Morgan fingerprint density at radius 3 is 0.765 bits per heavy atom. The van der Waals surface area contributed by atoms with Gasteiger partial charge in [-0.1, -0.05) is 280 Å². The maximum atomic E-state index is 6.11. The molecule has 0 aromatic heterocycles. The van der Waals surface area contributed by atoms with E-state index in [1.807, 2.05) is 0 Å². The Kier molecular flexibility index (Phi) is 21.2. The number of unbranched alkanes of at least 4 members (excludes halogenated alkanes) is 18. The Hall–Kier alpha value is -6.00. The monoisotopic (exact) mass is 1070 g/mol. The van der Waals surface area contributed by atoms with Crippen molar-refractivity contribution in [2.75, 3.05) is 0 Å². The molecule has 0 N–H and O–H groups in total. The molecule has 6 aromatic rings. The van der Waals surface area contributed by atoms with Crippen LogP contribution in [0.2, 0.25) is 0 Å². The molecular formula is C81H98. The SMILES string of the molecule is C#Cc1ccc2c(c1)C(CCCCCC)(CCCCCC)c1cc(C#Cc3ccc4c(c3)C(CCCCCC)(CCCCCC)c3cc(C#Cc5ccc6c(c5)C(CCCCCC)(CCCCCC)c5ccccc5-6)ccc3-4)ccc1-2. The summed E-state index contributed by atoms with van der Waals surface area (Å²) in [5.41, 5.74) is 22.8. The van der Waals surface area contributed by atoms with Crippen molar-refractivity contribution in [3.05, 3.63) is 176 Å². The van der Waals surface area contributed by atoms with Crippen LogP contribution >= 0.6 is 0 Å². The van der Waals surface area contributed by atoms with Crippen molar-refractivity contribution in [3.63, 3.8) is 0 Å². The van der Waals surface area contributed by atoms with Crippen LogP contribution in [0.5, 0.6) is 0 Å². The van der Waals surface area contributed by atoms with Gasteiger partial charge in [0.25, 0.3) is 0 Å². The second kappa shape index (κ2) is 28.8. The molecule has 0 heterocycles. The second-order valence-corrected chi connectivity index (χ2v) is 25.1. The third kappa shape index (κ3) is 13.0. The minimum atomic E-state index is -0.0816. The van der Waals surface area contributed by atoms with Crippen molar-refractivity contribution in [3.8, 4) is 69.4 Å². The molecular weight excluding hydrogens is 973 g/mol. The lowest BCUT2D eigenvalue weighted by atomic mass is 9.70. The van der Waals surface area contributed by atoms with E-state index >= 15 is 0 Å². The van der Waals surface area contributed by atoms with Gasteiger partial charge in [-0.2, -0.15) is 0 Å². The average Bonchev–Trinajstić information content (AvgIpc) is 2.95. The van der Waals surface area contributed by atoms with E-state index in [1.54, 1.807) is 5.56 Å². The topological polar surface area (TPSA) is 0 Å². The van der Waals surface area contributed by atoms with Gasteiger partial charge in [0, 0.05) is 44.1 Å². The Labute approximate surface area is 493 Å². The molecule has 0 unspecified atom stereocenters. The molecule has 0 radical (unpaired) electrons. The summed E-state index contributed by atoms with van der Waals surface area (Å²) < 4.78 is 0. The van der Waals surface area contributed by atoms with Gasteiger partial charge in [-0.15, -0.1) is 6.42 Å². The fourth-order valence-electron chi connectivity index (χ4n) is 15.2. The standard InChI is InChI=1S/C81H98/c1-8-15-21-29-51-79(52-30-22-16-9-2)73-36-28-27-35-67(73)68-47-42-63(58-75(68)79)37-38-65-44-49-71-72-50-45-66(61-78(72)81(77(71)60-65,55-33-25-19-12-5)56-34-26-20-13-6)40-39-64-43-48-70-69-46-41-62(14-7)57-74(69)80(76(70)59-64,53-31-23-17-10-3)54-32-24-18-11-4/h7,27-28,35-36,41-50,57-61H,8-13,15-26,29-34,51-56H2,1-6H3. The Bertz CT molecular complexity index is 3190. The fraction of sp³-hybridized carbons (Fsp3) is 0.481. The van der Waals surface area contributed by atoms with E-state index < -0.39 is 0 Å². The molecule has 0 heteroatoms. The lowest BCUT2D eigenvalue weighted by Gasteiger charge is -2.33. The number of fused-ring (bicyclic) bond motifs is 9. The summed E-state index contributed by atoms with van der Waals surface area (Å²) in [7, 11) is 0. The lowest BCUT2D eigenvalue weighted by molar-refractivity contribution is 0.401. The molecule has 81 heavy (non-hydrogen) atoms. The largest absolute Gasteiger partial charge is 0.115 e. The van der Waals surface area contributed by atoms with Gasteiger partial charge < -0.3 is 0 Å². The van der Waals surface area contributed by atoms with Crippen LogP contribution in [0, 0.1) is 36.0 Å². The lowest BCUT2D eigenvalue weighted by Crippen LogP contribution is -2.26. The fourth-order valence-corrected chi connectivity index (χ4v) is 15.2. The summed E-state index contributed by atoms with van der Waals surface area (Å²) in [5.74, 6) is 18.2. The first kappa shape index (κ1) is 59.6. The molecule has 0 aliphatic heterocycles. The number of hydrogen-bond acceptors (Lipinski definition) is 0. The van der Waals surface area contributed by atoms with Gasteiger partial charge in [0.05, 0.1) is 0 Å². The number of terminal acetylenes is 1. The third-order valence-corrected chi connectivity index (χ3v) is 19.6. The molecule has 6 aromatic carbocycles. The Balaban J connectivity index is 1.08. The van der Waals surface area contributed by atoms with Crippen molar-refractivity contribution in [2.24, 2.45) is 0 Å². The summed E-state index contributed by atoms with van der Waals surface area (Å²) in [4.78, 5) is 0. The molecule has 9 rings (SSSR count). The van der Waals surface area contributed by atoms with Crippen molar-refractivity contribution < 1.29 is 0 Å². The van der Waals surface area contributed by atoms with Gasteiger partial charge in [0.1, 0.15) is 0 Å². The Morgan fingerprint density at radius 1 is 0.259 bits per heavy atom. The van der Waals surface area contributed by atoms with Crippen molar-refractivity contribution in [2.45, 2.75) is 250 Å². The van der Waals surface area contributed by atoms with Crippen LogP contribution in [0.4, 0.5) is 0 Å². The third-order valence-electron chi connectivity index (χ3n) is 19.6. The normalized spacial score (nSPS) is 14.1. The highest BCUT2D eigenvalue weighted by atomic mass is 14.5. The van der Waals surface area contributed by atoms with Crippen LogP contribution in [0.1, 0.15) is 295 Å². The van der Waals surface area contributed by atoms with E-state index in [0.717, 1.165) is 53.5 Å². The van der Waals surface area contributed by atoms with Crippen molar-refractivity contribution in [1.29, 1.82) is 0 Å². The van der Waals surface area contributed by atoms with Crippen molar-refractivity contribution >= 4 is 0 Å². The molecule has 0 saturated heterocycles. The first-order valence-electron chi connectivity index (χ1n) is 33.2. The summed E-state index contributed by atoms with van der Waals surface area (Å²) in [6.07, 6.45) is 43.5. The molecule has 3 aliphatic carbocycles. The average molecular weight is 1070 g/mol. The van der Waals surface area contributed by atoms with Crippen LogP contribution in [0.15, 0.2) is 115 Å². The van der Waals surface area contributed by atoms with Crippen LogP contribution < -0.4 is 0 Å². The molecule has 0 amide bonds. The molecule has 0 saturated carbocycles. The van der Waals surface area contributed by atoms with Crippen LogP contribution in [-0.2, 0) is 16.2 Å². The van der Waals surface area contributed by atoms with Gasteiger partial charge >= 0.3 is 0 Å². The highest BCUT2D eigenvalue weighted by Gasteiger charge is 2.45. The van der Waals surface area contributed by atoms with Crippen LogP contribution in [0.3, 0.4) is 0 Å². The maximum Gasteiger partial charge on any atom is 0.0252 e. The second-order valence-electron chi connectivity index (χ2n) is 25.1. The van der Waals surface area contributed by atoms with E-state index in [-0.39, 0.29) is 16.2 Å².